The number of nitrogens with one attached hydrogen (secondary N) is 2. The maximum Gasteiger partial charge on any atom is 0.234 e. The quantitative estimate of drug-likeness (QED) is 0.857. The summed E-state index contributed by atoms with van der Waals surface area (Å²) in [5.41, 5.74) is 1.39. The Balaban J connectivity index is 1.88. The van der Waals surface area contributed by atoms with Crippen molar-refractivity contribution >= 4 is 29.1 Å². The smallest absolute Gasteiger partial charge is 0.234 e. The number of amides is 1. The zero-order valence-corrected chi connectivity index (χ0v) is 13.2. The number of thiophene rings is 1. The molecule has 0 aromatic carbocycles. The molecule has 2 rings (SSSR count). The van der Waals surface area contributed by atoms with Crippen molar-refractivity contribution in [2.45, 2.75) is 39.7 Å². The van der Waals surface area contributed by atoms with E-state index < -0.39 is 0 Å². The van der Waals surface area contributed by atoms with E-state index in [2.05, 4.69) is 50.9 Å². The van der Waals surface area contributed by atoms with Crippen molar-refractivity contribution in [2.75, 3.05) is 10.6 Å². The minimum Gasteiger partial charge on any atom is -0.352 e. The van der Waals surface area contributed by atoms with Crippen molar-refractivity contribution in [3.8, 4) is 0 Å². The summed E-state index contributed by atoms with van der Waals surface area (Å²) in [6, 6.07) is 2.40. The van der Waals surface area contributed by atoms with Crippen LogP contribution < -0.4 is 10.6 Å². The first-order valence-electron chi connectivity index (χ1n) is 6.80. The summed E-state index contributed by atoms with van der Waals surface area (Å²) < 4.78 is 0. The summed E-state index contributed by atoms with van der Waals surface area (Å²) in [4.78, 5) is 24.5. The zero-order valence-electron chi connectivity index (χ0n) is 12.4. The van der Waals surface area contributed by atoms with E-state index in [4.69, 9.17) is 0 Å². The lowest BCUT2D eigenvalue weighted by atomic mass is 10.1. The van der Waals surface area contributed by atoms with Gasteiger partial charge in [0.1, 0.15) is 6.33 Å². The molecule has 2 heterocycles. The lowest BCUT2D eigenvalue weighted by Gasteiger charge is -2.13. The molecule has 1 amide bonds. The van der Waals surface area contributed by atoms with Crippen molar-refractivity contribution in [3.05, 3.63) is 28.2 Å². The van der Waals surface area contributed by atoms with Crippen molar-refractivity contribution in [2.24, 2.45) is 0 Å². The Morgan fingerprint density at radius 3 is 2.81 bits per heavy atom. The zero-order chi connectivity index (χ0) is 15.2. The second kappa shape index (κ2) is 7.12. The van der Waals surface area contributed by atoms with Crippen LogP contribution in [0.25, 0.3) is 0 Å². The molecule has 2 N–H and O–H groups in total. The van der Waals surface area contributed by atoms with Crippen LogP contribution in [0.15, 0.2) is 17.8 Å². The predicted molar refractivity (Wildman–Crippen MR) is 84.6 cm³/mol. The van der Waals surface area contributed by atoms with Crippen LogP contribution in [0.4, 0.5) is 11.9 Å². The molecule has 6 nitrogen and oxygen atoms in total. The average Bonchev–Trinajstić information content (AvgIpc) is 2.81. The number of aryl methyl sites for hydroxylation is 2. The summed E-state index contributed by atoms with van der Waals surface area (Å²) >= 11 is 1.77. The van der Waals surface area contributed by atoms with Gasteiger partial charge in [0.15, 0.2) is 0 Å². The molecule has 0 aliphatic carbocycles. The number of anilines is 2. The van der Waals surface area contributed by atoms with Gasteiger partial charge in [-0.3, -0.25) is 10.1 Å². The highest BCUT2D eigenvalue weighted by Crippen LogP contribution is 2.18. The molecule has 0 fully saturated rings. The van der Waals surface area contributed by atoms with E-state index in [-0.39, 0.29) is 17.9 Å². The second-order valence-corrected chi connectivity index (χ2v) is 6.02. The van der Waals surface area contributed by atoms with E-state index in [1.165, 1.54) is 23.7 Å². The minimum atomic E-state index is -0.201. The van der Waals surface area contributed by atoms with E-state index in [0.29, 0.717) is 5.95 Å². The first-order chi connectivity index (χ1) is 10.0. The molecule has 0 radical (unpaired) electrons. The van der Waals surface area contributed by atoms with Crippen LogP contribution in [-0.4, -0.2) is 26.9 Å². The van der Waals surface area contributed by atoms with Gasteiger partial charge in [0.25, 0.3) is 0 Å². The van der Waals surface area contributed by atoms with Gasteiger partial charge in [0.2, 0.25) is 17.8 Å². The molecule has 0 aliphatic heterocycles. The first kappa shape index (κ1) is 15.4. The highest BCUT2D eigenvalue weighted by Gasteiger charge is 2.08. The highest BCUT2D eigenvalue weighted by molar-refractivity contribution is 7.10. The highest BCUT2D eigenvalue weighted by atomic mass is 32.1. The maximum atomic E-state index is 11.0. The Bertz CT molecular complexity index is 613. The first-order valence-corrected chi connectivity index (χ1v) is 7.68. The van der Waals surface area contributed by atoms with Crippen LogP contribution in [0, 0.1) is 6.92 Å². The van der Waals surface area contributed by atoms with E-state index in [1.54, 1.807) is 11.3 Å². The van der Waals surface area contributed by atoms with Crippen LogP contribution in [-0.2, 0) is 11.2 Å². The Morgan fingerprint density at radius 2 is 2.14 bits per heavy atom. The van der Waals surface area contributed by atoms with Gasteiger partial charge in [-0.1, -0.05) is 0 Å². The van der Waals surface area contributed by atoms with Gasteiger partial charge in [0, 0.05) is 17.8 Å². The summed E-state index contributed by atoms with van der Waals surface area (Å²) in [7, 11) is 0. The van der Waals surface area contributed by atoms with Crippen molar-refractivity contribution in [1.29, 1.82) is 0 Å². The van der Waals surface area contributed by atoms with E-state index in [0.717, 1.165) is 12.8 Å². The van der Waals surface area contributed by atoms with E-state index in [9.17, 15) is 4.79 Å². The molecule has 0 aliphatic rings. The number of hydrogen-bond donors (Lipinski definition) is 2. The minimum absolute atomic E-state index is 0.201. The molecule has 1 atom stereocenters. The third kappa shape index (κ3) is 4.78. The molecule has 0 saturated heterocycles. The van der Waals surface area contributed by atoms with E-state index >= 15 is 0 Å². The van der Waals surface area contributed by atoms with Crippen LogP contribution in [0.5, 0.6) is 0 Å². The number of aromatic nitrogens is 3. The van der Waals surface area contributed by atoms with Crippen LogP contribution in [0.2, 0.25) is 0 Å². The normalized spacial score (nSPS) is 12.0. The summed E-state index contributed by atoms with van der Waals surface area (Å²) in [5.74, 6) is 0.539. The molecule has 7 heteroatoms. The molecule has 1 unspecified atom stereocenters. The van der Waals surface area contributed by atoms with Gasteiger partial charge >= 0.3 is 0 Å². The molecule has 0 saturated carbocycles. The summed E-state index contributed by atoms with van der Waals surface area (Å²) in [6.07, 6.45) is 3.39. The lowest BCUT2D eigenvalue weighted by Crippen LogP contribution is -2.19. The van der Waals surface area contributed by atoms with Crippen LogP contribution in [0.1, 0.15) is 30.7 Å². The Morgan fingerprint density at radius 1 is 1.38 bits per heavy atom. The fourth-order valence-electron chi connectivity index (χ4n) is 1.92. The Kier molecular flexibility index (Phi) is 5.21. The van der Waals surface area contributed by atoms with Gasteiger partial charge in [-0.25, -0.2) is 9.97 Å². The molecule has 0 bridgehead atoms. The van der Waals surface area contributed by atoms with Gasteiger partial charge in [0.05, 0.1) is 0 Å². The third-order valence-electron chi connectivity index (χ3n) is 3.05. The van der Waals surface area contributed by atoms with Gasteiger partial charge in [-0.2, -0.15) is 4.98 Å². The lowest BCUT2D eigenvalue weighted by molar-refractivity contribution is -0.114. The van der Waals surface area contributed by atoms with Crippen LogP contribution >= 0.6 is 11.3 Å². The van der Waals surface area contributed by atoms with Crippen LogP contribution in [0.3, 0.4) is 0 Å². The molecule has 112 valence electrons. The number of rotatable bonds is 6. The van der Waals surface area contributed by atoms with Crippen molar-refractivity contribution in [3.63, 3.8) is 0 Å². The maximum absolute atomic E-state index is 11.0. The average molecular weight is 305 g/mol. The van der Waals surface area contributed by atoms with Crippen molar-refractivity contribution in [1.82, 2.24) is 15.0 Å². The third-order valence-corrected chi connectivity index (χ3v) is 3.94. The van der Waals surface area contributed by atoms with Gasteiger partial charge in [-0.05, 0) is 43.7 Å². The summed E-state index contributed by atoms with van der Waals surface area (Å²) in [5, 5.41) is 7.89. The fourth-order valence-corrected chi connectivity index (χ4v) is 2.68. The summed E-state index contributed by atoms with van der Waals surface area (Å²) in [6.45, 7) is 5.65. The predicted octanol–water partition coefficient (Wildman–Crippen LogP) is 2.63. The number of hydrogen-bond acceptors (Lipinski definition) is 6. The van der Waals surface area contributed by atoms with Gasteiger partial charge in [-0.15, -0.1) is 11.3 Å². The largest absolute Gasteiger partial charge is 0.352 e. The number of nitrogens with zero attached hydrogens (tertiary/aromatic N) is 3. The monoisotopic (exact) mass is 305 g/mol. The Labute approximate surface area is 128 Å². The number of carbonyl (C=O) groups is 1. The topological polar surface area (TPSA) is 79.8 Å². The van der Waals surface area contributed by atoms with E-state index in [1.807, 2.05) is 0 Å². The van der Waals surface area contributed by atoms with Crippen molar-refractivity contribution < 1.29 is 4.79 Å². The number of carbonyl (C=O) groups excluding carboxylic acids is 1. The molecule has 2 aromatic heterocycles. The molecule has 2 aromatic rings. The SMILES string of the molecule is CC(=O)Nc1ncnc(NC(C)CCc2ccsc2C)n1. The standard InChI is InChI=1S/C14H19N5OS/c1-9(4-5-12-6-7-21-10(12)2)17-13-15-8-16-14(19-13)18-11(3)20/h6-9H,4-5H2,1-3H3,(H2,15,16,17,18,19,20). The van der Waals surface area contributed by atoms with Gasteiger partial charge < -0.3 is 5.32 Å². The molecule has 21 heavy (non-hydrogen) atoms. The second-order valence-electron chi connectivity index (χ2n) is 4.90. The Hall–Kier alpha value is -2.02. The fraction of sp³-hybridized carbons (Fsp3) is 0.429. The molecular formula is C14H19N5OS. The molecule has 0 spiro atoms. The molecular weight excluding hydrogens is 286 g/mol.